The van der Waals surface area contributed by atoms with Crippen LogP contribution in [0.4, 0.5) is 0 Å². The Kier molecular flexibility index (Phi) is 62.6. The summed E-state index contributed by atoms with van der Waals surface area (Å²) in [6, 6.07) is 0. The van der Waals surface area contributed by atoms with Crippen molar-refractivity contribution in [2.24, 2.45) is 0 Å². The summed E-state index contributed by atoms with van der Waals surface area (Å²) in [5.74, 6) is -0.889. The van der Waals surface area contributed by atoms with Gasteiger partial charge in [-0.3, -0.25) is 14.4 Å². The molecule has 0 aromatic carbocycles. The Morgan fingerprint density at radius 1 is 0.263 bits per heavy atom. The molecule has 0 saturated heterocycles. The predicted molar refractivity (Wildman–Crippen MR) is 330 cm³/mol. The predicted octanol–water partition coefficient (Wildman–Crippen LogP) is 22.9. The van der Waals surface area contributed by atoms with Crippen molar-refractivity contribution < 1.29 is 28.6 Å². The lowest BCUT2D eigenvalue weighted by atomic mass is 10.0. The van der Waals surface area contributed by atoms with E-state index in [9.17, 15) is 14.4 Å². The first-order chi connectivity index (χ1) is 37.5. The van der Waals surface area contributed by atoms with Crippen LogP contribution in [-0.4, -0.2) is 37.2 Å². The van der Waals surface area contributed by atoms with Gasteiger partial charge in [-0.1, -0.05) is 313 Å². The van der Waals surface area contributed by atoms with Gasteiger partial charge in [-0.05, 0) is 77.0 Å². The molecule has 0 aromatic heterocycles. The van der Waals surface area contributed by atoms with Crippen LogP contribution in [-0.2, 0) is 28.6 Å². The van der Waals surface area contributed by atoms with Crippen LogP contribution in [0.1, 0.15) is 361 Å². The van der Waals surface area contributed by atoms with Gasteiger partial charge in [0.05, 0.1) is 0 Å². The SMILES string of the molecule is CCC/C=C\C/C=C\CCCCCCCC(=O)OCC(COC(=O)CCCCCCCCCCCCCCCCCCCCCCCCCCCCCCC)OC(=O)CCCCCCC/C=C\C/C=C\CCCCCC. The summed E-state index contributed by atoms with van der Waals surface area (Å²) in [7, 11) is 0. The van der Waals surface area contributed by atoms with Crippen molar-refractivity contribution in [3.63, 3.8) is 0 Å². The van der Waals surface area contributed by atoms with E-state index in [4.69, 9.17) is 14.2 Å². The van der Waals surface area contributed by atoms with Gasteiger partial charge in [0.25, 0.3) is 0 Å². The van der Waals surface area contributed by atoms with Crippen LogP contribution in [0.2, 0.25) is 0 Å². The summed E-state index contributed by atoms with van der Waals surface area (Å²) in [5.41, 5.74) is 0. The first-order valence-corrected chi connectivity index (χ1v) is 33.6. The quantitative estimate of drug-likeness (QED) is 0.0261. The monoisotopic (exact) mass is 1060 g/mol. The van der Waals surface area contributed by atoms with E-state index in [1.54, 1.807) is 0 Å². The van der Waals surface area contributed by atoms with Crippen molar-refractivity contribution in [2.45, 2.75) is 367 Å². The highest BCUT2D eigenvalue weighted by atomic mass is 16.6. The van der Waals surface area contributed by atoms with Gasteiger partial charge in [-0.2, -0.15) is 0 Å². The molecule has 0 fully saturated rings. The molecule has 0 aliphatic carbocycles. The number of carbonyl (C=O) groups is 3. The van der Waals surface area contributed by atoms with Crippen LogP contribution in [0.3, 0.4) is 0 Å². The zero-order valence-corrected chi connectivity index (χ0v) is 51.0. The van der Waals surface area contributed by atoms with Gasteiger partial charge in [0.1, 0.15) is 13.2 Å². The molecule has 0 rings (SSSR count). The molecule has 76 heavy (non-hydrogen) atoms. The maximum atomic E-state index is 12.9. The van der Waals surface area contributed by atoms with E-state index in [1.165, 1.54) is 212 Å². The van der Waals surface area contributed by atoms with Crippen LogP contribution in [0, 0.1) is 0 Å². The molecule has 6 heteroatoms. The summed E-state index contributed by atoms with van der Waals surface area (Å²) in [6.45, 7) is 6.59. The maximum absolute atomic E-state index is 12.9. The van der Waals surface area contributed by atoms with Gasteiger partial charge in [-0.15, -0.1) is 0 Å². The van der Waals surface area contributed by atoms with E-state index in [0.29, 0.717) is 19.3 Å². The highest BCUT2D eigenvalue weighted by molar-refractivity contribution is 5.71. The van der Waals surface area contributed by atoms with Gasteiger partial charge < -0.3 is 14.2 Å². The molecular weight excluding hydrogens is 937 g/mol. The Morgan fingerprint density at radius 3 is 0.789 bits per heavy atom. The molecule has 1 unspecified atom stereocenters. The molecule has 0 aliphatic rings. The van der Waals surface area contributed by atoms with Gasteiger partial charge >= 0.3 is 17.9 Å². The summed E-state index contributed by atoms with van der Waals surface area (Å²) in [5, 5.41) is 0. The first-order valence-electron chi connectivity index (χ1n) is 33.6. The molecule has 0 aliphatic heterocycles. The number of hydrogen-bond donors (Lipinski definition) is 0. The zero-order chi connectivity index (χ0) is 55.0. The Labute approximate surface area is 473 Å². The normalized spacial score (nSPS) is 12.3. The second-order valence-electron chi connectivity index (χ2n) is 22.7. The third-order valence-corrected chi connectivity index (χ3v) is 15.0. The highest BCUT2D eigenvalue weighted by Gasteiger charge is 2.19. The van der Waals surface area contributed by atoms with Gasteiger partial charge in [0, 0.05) is 19.3 Å². The number of unbranched alkanes of at least 4 members (excludes halogenated alkanes) is 43. The molecule has 0 bridgehead atoms. The van der Waals surface area contributed by atoms with E-state index in [-0.39, 0.29) is 31.1 Å². The standard InChI is InChI=1S/C70H128O6/c1-4-7-10-13-16-19-22-25-27-29-30-31-32-33-34-35-36-37-38-39-40-41-43-45-48-51-54-57-60-63-69(72)75-66-67(65-74-68(71)62-59-56-53-50-47-44-24-21-18-15-12-9-6-3)76-70(73)64-61-58-55-52-49-46-42-28-26-23-20-17-14-11-8-5-2/h12,15,20-21,23-24,28,42,67H,4-11,13-14,16-19,22,25-27,29-41,43-66H2,1-3H3/b15-12-,23-20-,24-21-,42-28-. The minimum atomic E-state index is -0.785. The van der Waals surface area contributed by atoms with Crippen molar-refractivity contribution in [2.75, 3.05) is 13.2 Å². The molecule has 444 valence electrons. The molecule has 0 saturated carbocycles. The summed E-state index contributed by atoms with van der Waals surface area (Å²) in [4.78, 5) is 38.3. The van der Waals surface area contributed by atoms with E-state index < -0.39 is 6.10 Å². The van der Waals surface area contributed by atoms with Gasteiger partial charge in [-0.25, -0.2) is 0 Å². The van der Waals surface area contributed by atoms with Gasteiger partial charge in [0.2, 0.25) is 0 Å². The molecule has 0 amide bonds. The lowest BCUT2D eigenvalue weighted by molar-refractivity contribution is -0.167. The maximum Gasteiger partial charge on any atom is 0.306 e. The molecule has 0 spiro atoms. The lowest BCUT2D eigenvalue weighted by Crippen LogP contribution is -2.30. The largest absolute Gasteiger partial charge is 0.462 e. The molecule has 0 aromatic rings. The number of carbonyl (C=O) groups excluding carboxylic acids is 3. The van der Waals surface area contributed by atoms with E-state index in [1.807, 2.05) is 0 Å². The fraction of sp³-hybridized carbons (Fsp3) is 0.843. The summed E-state index contributed by atoms with van der Waals surface area (Å²) < 4.78 is 16.9. The first kappa shape index (κ1) is 73.4. The Bertz CT molecular complexity index is 1310. The number of esters is 3. The third-order valence-electron chi connectivity index (χ3n) is 15.0. The van der Waals surface area contributed by atoms with Crippen LogP contribution in [0.5, 0.6) is 0 Å². The molecule has 0 heterocycles. The van der Waals surface area contributed by atoms with E-state index in [0.717, 1.165) is 109 Å². The van der Waals surface area contributed by atoms with Crippen LogP contribution < -0.4 is 0 Å². The Hall–Kier alpha value is -2.63. The number of rotatable bonds is 62. The van der Waals surface area contributed by atoms with Crippen molar-refractivity contribution in [1.29, 1.82) is 0 Å². The topological polar surface area (TPSA) is 78.9 Å². The summed E-state index contributed by atoms with van der Waals surface area (Å²) in [6.07, 6.45) is 81.4. The lowest BCUT2D eigenvalue weighted by Gasteiger charge is -2.18. The third kappa shape index (κ3) is 62.2. The zero-order valence-electron chi connectivity index (χ0n) is 51.0. The molecule has 1 atom stereocenters. The van der Waals surface area contributed by atoms with Crippen LogP contribution >= 0.6 is 0 Å². The fourth-order valence-corrected chi connectivity index (χ4v) is 9.99. The number of hydrogen-bond acceptors (Lipinski definition) is 6. The van der Waals surface area contributed by atoms with Gasteiger partial charge in [0.15, 0.2) is 6.10 Å². The average molecular weight is 1070 g/mol. The van der Waals surface area contributed by atoms with Crippen LogP contribution in [0.15, 0.2) is 48.6 Å². The summed E-state index contributed by atoms with van der Waals surface area (Å²) >= 11 is 0. The fourth-order valence-electron chi connectivity index (χ4n) is 9.99. The minimum absolute atomic E-state index is 0.0802. The van der Waals surface area contributed by atoms with Crippen molar-refractivity contribution in [3.8, 4) is 0 Å². The Balaban J connectivity index is 4.17. The second-order valence-corrected chi connectivity index (χ2v) is 22.7. The van der Waals surface area contributed by atoms with Crippen molar-refractivity contribution in [3.05, 3.63) is 48.6 Å². The molecular formula is C70H128O6. The van der Waals surface area contributed by atoms with Crippen LogP contribution in [0.25, 0.3) is 0 Å². The van der Waals surface area contributed by atoms with E-state index >= 15 is 0 Å². The molecule has 6 nitrogen and oxygen atoms in total. The minimum Gasteiger partial charge on any atom is -0.462 e. The molecule has 0 radical (unpaired) electrons. The number of ether oxygens (including phenoxy) is 3. The van der Waals surface area contributed by atoms with E-state index in [2.05, 4.69) is 69.4 Å². The number of allylic oxidation sites excluding steroid dienone is 8. The second kappa shape index (κ2) is 64.9. The average Bonchev–Trinajstić information content (AvgIpc) is 3.42. The smallest absolute Gasteiger partial charge is 0.306 e. The van der Waals surface area contributed by atoms with Crippen molar-refractivity contribution >= 4 is 17.9 Å². The highest BCUT2D eigenvalue weighted by Crippen LogP contribution is 2.18. The molecule has 0 N–H and O–H groups in total. The Morgan fingerprint density at radius 2 is 0.500 bits per heavy atom. The van der Waals surface area contributed by atoms with Crippen molar-refractivity contribution in [1.82, 2.24) is 0 Å².